The molecule has 5 nitrogen and oxygen atoms in total. The standard InChI is InChI=1S/C19H30N2O3S/c1-25(22,23)19-6-4-18(5-7-19)21-11-8-17(9-12-21)3-2-10-20-13-15-24-16-14-20/h4-7,17H,2-3,8-16H2,1H3. The SMILES string of the molecule is CS(=O)(=O)c1ccc(N2CCC(CCCN3CCOCC3)CC2)cc1. The number of rotatable bonds is 6. The predicted octanol–water partition coefficient (Wildman–Crippen LogP) is 2.42. The molecule has 140 valence electrons. The predicted molar refractivity (Wildman–Crippen MR) is 101 cm³/mol. The van der Waals surface area contributed by atoms with Crippen LogP contribution in [0.1, 0.15) is 25.7 Å². The molecule has 0 aliphatic carbocycles. The Labute approximate surface area is 151 Å². The molecule has 1 aromatic rings. The Balaban J connectivity index is 1.41. The Kier molecular flexibility index (Phi) is 6.36. The summed E-state index contributed by atoms with van der Waals surface area (Å²) in [6, 6.07) is 7.32. The average molecular weight is 367 g/mol. The van der Waals surface area contributed by atoms with Crippen LogP contribution in [-0.4, -0.2) is 65.5 Å². The Morgan fingerprint density at radius 3 is 2.28 bits per heavy atom. The van der Waals surface area contributed by atoms with E-state index >= 15 is 0 Å². The van der Waals surface area contributed by atoms with Gasteiger partial charge in [-0.15, -0.1) is 0 Å². The quantitative estimate of drug-likeness (QED) is 0.774. The van der Waals surface area contributed by atoms with Crippen molar-refractivity contribution in [2.45, 2.75) is 30.6 Å². The van der Waals surface area contributed by atoms with Crippen LogP contribution in [0.15, 0.2) is 29.2 Å². The summed E-state index contributed by atoms with van der Waals surface area (Å²) in [6.07, 6.45) is 6.32. The molecular weight excluding hydrogens is 336 g/mol. The third kappa shape index (κ3) is 5.43. The molecule has 3 rings (SSSR count). The number of ether oxygens (including phenoxy) is 1. The lowest BCUT2D eigenvalue weighted by molar-refractivity contribution is 0.0365. The summed E-state index contributed by atoms with van der Waals surface area (Å²) in [7, 11) is -3.11. The van der Waals surface area contributed by atoms with Gasteiger partial charge in [0.1, 0.15) is 0 Å². The smallest absolute Gasteiger partial charge is 0.175 e. The Hall–Kier alpha value is -1.11. The summed E-state index contributed by atoms with van der Waals surface area (Å²) in [5.41, 5.74) is 1.14. The summed E-state index contributed by atoms with van der Waals surface area (Å²) >= 11 is 0. The maximum Gasteiger partial charge on any atom is 0.175 e. The fraction of sp³-hybridized carbons (Fsp3) is 0.684. The monoisotopic (exact) mass is 366 g/mol. The molecular formula is C19H30N2O3S. The third-order valence-electron chi connectivity index (χ3n) is 5.43. The molecule has 0 saturated carbocycles. The van der Waals surface area contributed by atoms with E-state index in [1.807, 2.05) is 12.1 Å². The molecule has 6 heteroatoms. The van der Waals surface area contributed by atoms with Crippen LogP contribution in [0.3, 0.4) is 0 Å². The van der Waals surface area contributed by atoms with Gasteiger partial charge in [0.25, 0.3) is 0 Å². The van der Waals surface area contributed by atoms with Crippen LogP contribution >= 0.6 is 0 Å². The van der Waals surface area contributed by atoms with Gasteiger partial charge in [0.15, 0.2) is 9.84 Å². The van der Waals surface area contributed by atoms with Crippen molar-refractivity contribution < 1.29 is 13.2 Å². The van der Waals surface area contributed by atoms with Crippen LogP contribution < -0.4 is 4.90 Å². The second kappa shape index (κ2) is 8.52. The summed E-state index contributed by atoms with van der Waals surface area (Å²) < 4.78 is 28.5. The maximum atomic E-state index is 11.6. The van der Waals surface area contributed by atoms with Gasteiger partial charge in [0, 0.05) is 38.1 Å². The molecule has 1 aromatic carbocycles. The molecule has 2 aliphatic rings. The summed E-state index contributed by atoms with van der Waals surface area (Å²) in [5, 5.41) is 0. The van der Waals surface area contributed by atoms with Crippen molar-refractivity contribution in [3.63, 3.8) is 0 Å². The van der Waals surface area contributed by atoms with Crippen LogP contribution in [0, 0.1) is 5.92 Å². The number of sulfone groups is 1. The first-order valence-electron chi connectivity index (χ1n) is 9.37. The van der Waals surface area contributed by atoms with Crippen molar-refractivity contribution in [2.75, 3.05) is 57.1 Å². The van der Waals surface area contributed by atoms with Crippen LogP contribution in [0.25, 0.3) is 0 Å². The molecule has 2 aliphatic heterocycles. The van der Waals surface area contributed by atoms with Crippen molar-refractivity contribution in [1.29, 1.82) is 0 Å². The lowest BCUT2D eigenvalue weighted by Gasteiger charge is -2.34. The van der Waals surface area contributed by atoms with E-state index in [0.717, 1.165) is 51.0 Å². The van der Waals surface area contributed by atoms with Gasteiger partial charge in [-0.2, -0.15) is 0 Å². The summed E-state index contributed by atoms with van der Waals surface area (Å²) in [4.78, 5) is 5.29. The van der Waals surface area contributed by atoms with Crippen molar-refractivity contribution in [3.05, 3.63) is 24.3 Å². The zero-order valence-electron chi connectivity index (χ0n) is 15.2. The molecule has 0 aromatic heterocycles. The van der Waals surface area contributed by atoms with Crippen LogP contribution in [0.4, 0.5) is 5.69 Å². The molecule has 0 unspecified atom stereocenters. The van der Waals surface area contributed by atoms with Crippen LogP contribution in [-0.2, 0) is 14.6 Å². The van der Waals surface area contributed by atoms with Gasteiger partial charge in [-0.1, -0.05) is 0 Å². The number of morpholine rings is 1. The number of hydrogen-bond acceptors (Lipinski definition) is 5. The van der Waals surface area contributed by atoms with Gasteiger partial charge < -0.3 is 9.64 Å². The largest absolute Gasteiger partial charge is 0.379 e. The lowest BCUT2D eigenvalue weighted by atomic mass is 9.92. The summed E-state index contributed by atoms with van der Waals surface area (Å²) in [6.45, 7) is 7.29. The van der Waals surface area contributed by atoms with E-state index in [2.05, 4.69) is 9.80 Å². The fourth-order valence-corrected chi connectivity index (χ4v) is 4.44. The van der Waals surface area contributed by atoms with E-state index in [1.54, 1.807) is 12.1 Å². The van der Waals surface area contributed by atoms with Gasteiger partial charge in [-0.05, 0) is 62.4 Å². The van der Waals surface area contributed by atoms with Gasteiger partial charge in [-0.3, -0.25) is 4.90 Å². The first-order valence-corrected chi connectivity index (χ1v) is 11.3. The molecule has 0 spiro atoms. The molecule has 2 fully saturated rings. The minimum atomic E-state index is -3.11. The summed E-state index contributed by atoms with van der Waals surface area (Å²) in [5.74, 6) is 0.826. The van der Waals surface area contributed by atoms with E-state index in [9.17, 15) is 8.42 Å². The van der Waals surface area contributed by atoms with Gasteiger partial charge >= 0.3 is 0 Å². The number of piperidine rings is 1. The average Bonchev–Trinajstić information content (AvgIpc) is 2.63. The molecule has 0 amide bonds. The van der Waals surface area contributed by atoms with Crippen LogP contribution in [0.2, 0.25) is 0 Å². The number of hydrogen-bond donors (Lipinski definition) is 0. The molecule has 0 radical (unpaired) electrons. The van der Waals surface area contributed by atoms with Gasteiger partial charge in [0.05, 0.1) is 18.1 Å². The first kappa shape index (κ1) is 18.7. The number of nitrogens with zero attached hydrogens (tertiary/aromatic N) is 2. The topological polar surface area (TPSA) is 49.9 Å². The Bertz CT molecular complexity index is 631. The van der Waals surface area contributed by atoms with E-state index in [0.29, 0.717) is 4.90 Å². The fourth-order valence-electron chi connectivity index (χ4n) is 3.81. The van der Waals surface area contributed by atoms with E-state index < -0.39 is 9.84 Å². The molecule has 2 saturated heterocycles. The Morgan fingerprint density at radius 2 is 1.68 bits per heavy atom. The van der Waals surface area contributed by atoms with Gasteiger partial charge in [0.2, 0.25) is 0 Å². The Morgan fingerprint density at radius 1 is 1.04 bits per heavy atom. The van der Waals surface area contributed by atoms with Crippen molar-refractivity contribution >= 4 is 15.5 Å². The first-order chi connectivity index (χ1) is 12.0. The van der Waals surface area contributed by atoms with E-state index in [4.69, 9.17) is 4.74 Å². The maximum absolute atomic E-state index is 11.6. The van der Waals surface area contributed by atoms with E-state index in [1.165, 1.54) is 38.5 Å². The molecule has 2 heterocycles. The van der Waals surface area contributed by atoms with Crippen molar-refractivity contribution in [1.82, 2.24) is 4.90 Å². The van der Waals surface area contributed by atoms with Crippen molar-refractivity contribution in [3.8, 4) is 0 Å². The highest BCUT2D eigenvalue weighted by molar-refractivity contribution is 7.90. The highest BCUT2D eigenvalue weighted by Crippen LogP contribution is 2.27. The third-order valence-corrected chi connectivity index (χ3v) is 6.56. The molecule has 0 N–H and O–H groups in total. The zero-order valence-corrected chi connectivity index (χ0v) is 16.0. The minimum Gasteiger partial charge on any atom is -0.379 e. The number of benzene rings is 1. The second-order valence-electron chi connectivity index (χ2n) is 7.29. The normalized spacial score (nSPS) is 20.8. The second-order valence-corrected chi connectivity index (χ2v) is 9.31. The molecule has 25 heavy (non-hydrogen) atoms. The lowest BCUT2D eigenvalue weighted by Crippen LogP contribution is -2.37. The highest BCUT2D eigenvalue weighted by Gasteiger charge is 2.20. The van der Waals surface area contributed by atoms with Crippen LogP contribution in [0.5, 0.6) is 0 Å². The zero-order chi connectivity index (χ0) is 17.7. The van der Waals surface area contributed by atoms with Gasteiger partial charge in [-0.25, -0.2) is 8.42 Å². The van der Waals surface area contributed by atoms with E-state index in [-0.39, 0.29) is 0 Å². The highest BCUT2D eigenvalue weighted by atomic mass is 32.2. The molecule has 0 atom stereocenters. The molecule has 0 bridgehead atoms. The minimum absolute atomic E-state index is 0.397. The van der Waals surface area contributed by atoms with Crippen molar-refractivity contribution in [2.24, 2.45) is 5.92 Å². The number of anilines is 1.